The topological polar surface area (TPSA) is 29.1 Å². The maximum absolute atomic E-state index is 13.0. The van der Waals surface area contributed by atoms with Crippen LogP contribution in [0.5, 0.6) is 0 Å². The van der Waals surface area contributed by atoms with Gasteiger partial charge in [-0.15, -0.1) is 0 Å². The molecule has 2 aromatic rings. The first-order chi connectivity index (χ1) is 8.63. The average molecular weight is 243 g/mol. The van der Waals surface area contributed by atoms with E-state index in [-0.39, 0.29) is 18.1 Å². The fraction of sp³-hybridized carbons (Fsp3) is 0.133. The number of hydrogen-bond donors (Lipinski definition) is 1. The van der Waals surface area contributed by atoms with E-state index in [2.05, 4.69) is 5.32 Å². The van der Waals surface area contributed by atoms with Crippen LogP contribution in [0.25, 0.3) is 0 Å². The largest absolute Gasteiger partial charge is 0.326 e. The van der Waals surface area contributed by atoms with Crippen LogP contribution in [0.15, 0.2) is 48.5 Å². The highest BCUT2D eigenvalue weighted by molar-refractivity contribution is 5.92. The van der Waals surface area contributed by atoms with Gasteiger partial charge >= 0.3 is 0 Å². The fourth-order valence-corrected chi connectivity index (χ4v) is 1.76. The van der Waals surface area contributed by atoms with Gasteiger partial charge < -0.3 is 5.32 Å². The first kappa shape index (κ1) is 12.3. The molecule has 18 heavy (non-hydrogen) atoms. The lowest BCUT2D eigenvalue weighted by Crippen LogP contribution is -2.14. The maximum Gasteiger partial charge on any atom is 0.228 e. The van der Waals surface area contributed by atoms with Crippen molar-refractivity contribution in [1.82, 2.24) is 0 Å². The molecule has 0 aromatic heterocycles. The molecule has 1 amide bonds. The predicted octanol–water partition coefficient (Wildman–Crippen LogP) is 3.32. The van der Waals surface area contributed by atoms with Crippen molar-refractivity contribution < 1.29 is 9.18 Å². The molecule has 2 nitrogen and oxygen atoms in total. The van der Waals surface area contributed by atoms with Gasteiger partial charge in [-0.2, -0.15) is 0 Å². The van der Waals surface area contributed by atoms with Crippen LogP contribution in [-0.2, 0) is 11.2 Å². The summed E-state index contributed by atoms with van der Waals surface area (Å²) in [6, 6.07) is 13.6. The minimum absolute atomic E-state index is 0.147. The Kier molecular flexibility index (Phi) is 3.72. The lowest BCUT2D eigenvalue weighted by molar-refractivity contribution is -0.115. The zero-order chi connectivity index (χ0) is 13.0. The third kappa shape index (κ3) is 3.42. The molecule has 0 unspecified atom stereocenters. The number of rotatable bonds is 3. The zero-order valence-corrected chi connectivity index (χ0v) is 10.1. The molecule has 92 valence electrons. The molecule has 0 saturated heterocycles. The Morgan fingerprint density at radius 2 is 1.94 bits per heavy atom. The van der Waals surface area contributed by atoms with Crippen LogP contribution in [0.3, 0.4) is 0 Å². The molecule has 0 heterocycles. The van der Waals surface area contributed by atoms with Gasteiger partial charge in [0, 0.05) is 5.69 Å². The van der Waals surface area contributed by atoms with Crippen molar-refractivity contribution in [2.24, 2.45) is 0 Å². The highest BCUT2D eigenvalue weighted by Gasteiger charge is 2.04. The number of hydrogen-bond acceptors (Lipinski definition) is 1. The monoisotopic (exact) mass is 243 g/mol. The van der Waals surface area contributed by atoms with Crippen molar-refractivity contribution in [3.8, 4) is 0 Å². The number of halogens is 1. The molecular weight excluding hydrogens is 229 g/mol. The lowest BCUT2D eigenvalue weighted by atomic mass is 10.1. The molecule has 1 N–H and O–H groups in total. The van der Waals surface area contributed by atoms with Crippen molar-refractivity contribution in [3.05, 3.63) is 65.5 Å². The van der Waals surface area contributed by atoms with Crippen LogP contribution in [0.2, 0.25) is 0 Å². The summed E-state index contributed by atoms with van der Waals surface area (Å²) in [5.41, 5.74) is 2.51. The van der Waals surface area contributed by atoms with Gasteiger partial charge in [0.25, 0.3) is 0 Å². The van der Waals surface area contributed by atoms with Crippen molar-refractivity contribution in [1.29, 1.82) is 0 Å². The molecule has 2 aromatic carbocycles. The van der Waals surface area contributed by atoms with Crippen LogP contribution in [-0.4, -0.2) is 5.91 Å². The van der Waals surface area contributed by atoms with E-state index in [4.69, 9.17) is 0 Å². The molecule has 0 aliphatic heterocycles. The summed E-state index contributed by atoms with van der Waals surface area (Å²) >= 11 is 0. The lowest BCUT2D eigenvalue weighted by Gasteiger charge is -2.06. The molecule has 0 atom stereocenters. The quantitative estimate of drug-likeness (QED) is 0.880. The van der Waals surface area contributed by atoms with Gasteiger partial charge in [0.1, 0.15) is 5.82 Å². The van der Waals surface area contributed by atoms with Crippen LogP contribution >= 0.6 is 0 Å². The number of carbonyl (C=O) groups excluding carboxylic acids is 1. The number of anilines is 1. The average Bonchev–Trinajstić information content (AvgIpc) is 2.28. The Balaban J connectivity index is 2.01. The Morgan fingerprint density at radius 3 is 2.67 bits per heavy atom. The summed E-state index contributed by atoms with van der Waals surface area (Å²) in [7, 11) is 0. The van der Waals surface area contributed by atoms with E-state index >= 15 is 0 Å². The van der Waals surface area contributed by atoms with E-state index in [0.29, 0.717) is 5.56 Å². The molecule has 0 radical (unpaired) electrons. The molecule has 0 aliphatic rings. The third-order valence-corrected chi connectivity index (χ3v) is 2.56. The summed E-state index contributed by atoms with van der Waals surface area (Å²) in [6.07, 6.45) is 0.172. The minimum atomic E-state index is -0.323. The molecular formula is C15H14FNO. The van der Waals surface area contributed by atoms with Crippen molar-refractivity contribution >= 4 is 11.6 Å². The highest BCUT2D eigenvalue weighted by Crippen LogP contribution is 2.11. The minimum Gasteiger partial charge on any atom is -0.326 e. The van der Waals surface area contributed by atoms with Gasteiger partial charge in [0.2, 0.25) is 5.91 Å². The first-order valence-electron chi connectivity index (χ1n) is 5.74. The number of benzene rings is 2. The summed E-state index contributed by atoms with van der Waals surface area (Å²) in [4.78, 5) is 11.8. The van der Waals surface area contributed by atoms with E-state index < -0.39 is 0 Å². The third-order valence-electron chi connectivity index (χ3n) is 2.56. The highest BCUT2D eigenvalue weighted by atomic mass is 19.1. The van der Waals surface area contributed by atoms with Crippen molar-refractivity contribution in [2.75, 3.05) is 5.32 Å². The second-order valence-corrected chi connectivity index (χ2v) is 4.22. The Hall–Kier alpha value is -2.16. The standard InChI is InChI=1S/C15H14FNO/c1-11-4-2-7-14(8-11)17-15(18)10-12-5-3-6-13(16)9-12/h2-9H,10H2,1H3,(H,17,18). The van der Waals surface area contributed by atoms with Crippen molar-refractivity contribution in [3.63, 3.8) is 0 Å². The molecule has 2 rings (SSSR count). The zero-order valence-electron chi connectivity index (χ0n) is 10.1. The van der Waals surface area contributed by atoms with E-state index in [1.807, 2.05) is 31.2 Å². The second kappa shape index (κ2) is 5.45. The molecule has 0 fully saturated rings. The Labute approximate surface area is 105 Å². The SMILES string of the molecule is Cc1cccc(NC(=O)Cc2cccc(F)c2)c1. The second-order valence-electron chi connectivity index (χ2n) is 4.22. The number of nitrogens with one attached hydrogen (secondary N) is 1. The fourth-order valence-electron chi connectivity index (χ4n) is 1.76. The van der Waals surface area contributed by atoms with Gasteiger partial charge in [0.15, 0.2) is 0 Å². The molecule has 0 spiro atoms. The first-order valence-corrected chi connectivity index (χ1v) is 5.74. The predicted molar refractivity (Wildman–Crippen MR) is 69.9 cm³/mol. The summed E-state index contributed by atoms with van der Waals surface area (Å²) < 4.78 is 13.0. The van der Waals surface area contributed by atoms with Gasteiger partial charge in [0.05, 0.1) is 6.42 Å². The van der Waals surface area contributed by atoms with E-state index in [1.165, 1.54) is 12.1 Å². The summed E-state index contributed by atoms with van der Waals surface area (Å²) in [5.74, 6) is -0.470. The molecule has 3 heteroatoms. The maximum atomic E-state index is 13.0. The molecule has 0 bridgehead atoms. The van der Waals surface area contributed by atoms with Crippen molar-refractivity contribution in [2.45, 2.75) is 13.3 Å². The summed E-state index contributed by atoms with van der Waals surface area (Å²) in [6.45, 7) is 1.96. The van der Waals surface area contributed by atoms with Crippen LogP contribution in [0, 0.1) is 12.7 Å². The van der Waals surface area contributed by atoms with E-state index in [1.54, 1.807) is 12.1 Å². The Bertz CT molecular complexity index is 516. The van der Waals surface area contributed by atoms with Gasteiger partial charge in [-0.05, 0) is 42.3 Å². The van der Waals surface area contributed by atoms with E-state index in [9.17, 15) is 9.18 Å². The van der Waals surface area contributed by atoms with Gasteiger partial charge in [-0.3, -0.25) is 4.79 Å². The Morgan fingerprint density at radius 1 is 1.17 bits per heavy atom. The van der Waals surface area contributed by atoms with Gasteiger partial charge in [-0.25, -0.2) is 4.39 Å². The van der Waals surface area contributed by atoms with Gasteiger partial charge in [-0.1, -0.05) is 24.3 Å². The number of carbonyl (C=O) groups is 1. The smallest absolute Gasteiger partial charge is 0.228 e. The summed E-state index contributed by atoms with van der Waals surface area (Å²) in [5, 5.41) is 2.79. The number of aryl methyl sites for hydroxylation is 1. The molecule has 0 saturated carbocycles. The van der Waals surface area contributed by atoms with Crippen LogP contribution < -0.4 is 5.32 Å². The van der Waals surface area contributed by atoms with Crippen LogP contribution in [0.1, 0.15) is 11.1 Å². The number of amides is 1. The van der Waals surface area contributed by atoms with Crippen LogP contribution in [0.4, 0.5) is 10.1 Å². The van der Waals surface area contributed by atoms with E-state index in [0.717, 1.165) is 11.3 Å². The molecule has 0 aliphatic carbocycles. The normalized spacial score (nSPS) is 10.1.